The summed E-state index contributed by atoms with van der Waals surface area (Å²) in [5.41, 5.74) is 1.61. The molecule has 0 aliphatic heterocycles. The Labute approximate surface area is 176 Å². The minimum atomic E-state index is -0.0647. The molecule has 0 spiro atoms. The zero-order valence-electron chi connectivity index (χ0n) is 16.1. The summed E-state index contributed by atoms with van der Waals surface area (Å²) in [5, 5.41) is 4.40. The van der Waals surface area contributed by atoms with Gasteiger partial charge in [-0.15, -0.1) is 0 Å². The number of amidine groups is 1. The van der Waals surface area contributed by atoms with E-state index in [4.69, 9.17) is 16.6 Å². The number of nitrogens with one attached hydrogen (secondary N) is 1. The lowest BCUT2D eigenvalue weighted by atomic mass is 9.95. The second-order valence-electron chi connectivity index (χ2n) is 6.98. The molecule has 1 N–H and O–H groups in total. The van der Waals surface area contributed by atoms with Gasteiger partial charge in [-0.1, -0.05) is 66.9 Å². The van der Waals surface area contributed by atoms with Crippen LogP contribution in [0.2, 0.25) is 5.02 Å². The molecule has 1 saturated carbocycles. The van der Waals surface area contributed by atoms with Crippen LogP contribution in [0.3, 0.4) is 0 Å². The molecule has 6 heteroatoms. The van der Waals surface area contributed by atoms with Crippen molar-refractivity contribution in [3.8, 4) is 0 Å². The minimum Gasteiger partial charge on any atom is -0.351 e. The van der Waals surface area contributed by atoms with Gasteiger partial charge in [-0.2, -0.15) is 0 Å². The number of benzene rings is 2. The van der Waals surface area contributed by atoms with Gasteiger partial charge in [-0.05, 0) is 43.2 Å². The maximum Gasteiger partial charge on any atom is 0.234 e. The quantitative estimate of drug-likeness (QED) is 0.483. The van der Waals surface area contributed by atoms with Crippen LogP contribution in [-0.4, -0.2) is 34.8 Å². The van der Waals surface area contributed by atoms with Crippen LogP contribution < -0.4 is 5.32 Å². The van der Waals surface area contributed by atoms with E-state index in [9.17, 15) is 4.79 Å². The Morgan fingerprint density at radius 1 is 1.14 bits per heavy atom. The molecule has 0 atom stereocenters. The van der Waals surface area contributed by atoms with Crippen molar-refractivity contribution in [2.45, 2.75) is 38.1 Å². The molecule has 1 aliphatic carbocycles. The van der Waals surface area contributed by atoms with E-state index < -0.39 is 0 Å². The van der Waals surface area contributed by atoms with Crippen molar-refractivity contribution in [2.24, 2.45) is 4.99 Å². The summed E-state index contributed by atoms with van der Waals surface area (Å²) >= 11 is 7.47. The number of carbonyl (C=O) groups is 1. The first-order valence-corrected chi connectivity index (χ1v) is 11.0. The van der Waals surface area contributed by atoms with Crippen LogP contribution >= 0.6 is 23.4 Å². The van der Waals surface area contributed by atoms with Crippen LogP contribution in [0.25, 0.3) is 0 Å². The number of rotatable bonds is 5. The SMILES string of the molecule is CN(C(=Nc1ccccc1)SCC(=O)Nc1cccc(Cl)c1)C1CCCCC1. The molecule has 1 fully saturated rings. The number of thioether (sulfide) groups is 1. The van der Waals surface area contributed by atoms with Gasteiger partial charge in [0.1, 0.15) is 0 Å². The summed E-state index contributed by atoms with van der Waals surface area (Å²) in [4.78, 5) is 19.5. The van der Waals surface area contributed by atoms with E-state index in [0.717, 1.165) is 10.9 Å². The smallest absolute Gasteiger partial charge is 0.234 e. The molecule has 0 heterocycles. The topological polar surface area (TPSA) is 44.7 Å². The van der Waals surface area contributed by atoms with Gasteiger partial charge in [-0.25, -0.2) is 4.99 Å². The molecule has 0 unspecified atom stereocenters. The zero-order valence-corrected chi connectivity index (χ0v) is 17.7. The van der Waals surface area contributed by atoms with E-state index in [1.54, 1.807) is 12.1 Å². The summed E-state index contributed by atoms with van der Waals surface area (Å²) in [6.45, 7) is 0. The maximum atomic E-state index is 12.4. The lowest BCUT2D eigenvalue weighted by Gasteiger charge is -2.33. The lowest BCUT2D eigenvalue weighted by Crippen LogP contribution is -2.37. The maximum absolute atomic E-state index is 12.4. The van der Waals surface area contributed by atoms with E-state index in [1.807, 2.05) is 42.5 Å². The van der Waals surface area contributed by atoms with Gasteiger partial charge >= 0.3 is 0 Å². The summed E-state index contributed by atoms with van der Waals surface area (Å²) < 4.78 is 0. The fourth-order valence-corrected chi connectivity index (χ4v) is 4.39. The average Bonchev–Trinajstić information content (AvgIpc) is 2.72. The Hall–Kier alpha value is -1.98. The molecule has 0 radical (unpaired) electrons. The third kappa shape index (κ3) is 6.28. The monoisotopic (exact) mass is 415 g/mol. The summed E-state index contributed by atoms with van der Waals surface area (Å²) in [7, 11) is 2.10. The van der Waals surface area contributed by atoms with Crippen molar-refractivity contribution in [1.82, 2.24) is 4.90 Å². The fourth-order valence-electron chi connectivity index (χ4n) is 3.34. The van der Waals surface area contributed by atoms with E-state index in [0.29, 0.717) is 22.5 Å². The van der Waals surface area contributed by atoms with Crippen molar-refractivity contribution in [3.05, 3.63) is 59.6 Å². The Morgan fingerprint density at radius 3 is 2.61 bits per heavy atom. The molecule has 1 amide bonds. The van der Waals surface area contributed by atoms with Crippen LogP contribution in [0.15, 0.2) is 59.6 Å². The van der Waals surface area contributed by atoms with E-state index in [-0.39, 0.29) is 5.91 Å². The molecular weight excluding hydrogens is 390 g/mol. The zero-order chi connectivity index (χ0) is 19.8. The largest absolute Gasteiger partial charge is 0.351 e. The molecule has 0 aromatic heterocycles. The predicted octanol–water partition coefficient (Wildman–Crippen LogP) is 5.96. The fraction of sp³-hybridized carbons (Fsp3) is 0.364. The molecule has 2 aromatic carbocycles. The Morgan fingerprint density at radius 2 is 1.89 bits per heavy atom. The first kappa shape index (κ1) is 20.7. The highest BCUT2D eigenvalue weighted by Crippen LogP contribution is 2.26. The predicted molar refractivity (Wildman–Crippen MR) is 121 cm³/mol. The molecule has 28 heavy (non-hydrogen) atoms. The van der Waals surface area contributed by atoms with Gasteiger partial charge in [-0.3, -0.25) is 4.79 Å². The van der Waals surface area contributed by atoms with Crippen molar-refractivity contribution in [2.75, 3.05) is 18.1 Å². The molecule has 148 valence electrons. The molecule has 0 saturated heterocycles. The normalized spacial score (nSPS) is 15.3. The highest BCUT2D eigenvalue weighted by atomic mass is 35.5. The summed E-state index contributed by atoms with van der Waals surface area (Å²) in [5.74, 6) is 0.236. The standard InChI is InChI=1S/C22H26ClN3OS/c1-26(20-13-6-3-7-14-20)22(25-18-10-4-2-5-11-18)28-16-21(27)24-19-12-8-9-17(23)15-19/h2,4-5,8-12,15,20H,3,6-7,13-14,16H2,1H3,(H,24,27). The van der Waals surface area contributed by atoms with Crippen LogP contribution in [0.1, 0.15) is 32.1 Å². The molecular formula is C22H26ClN3OS. The Kier molecular flexibility index (Phi) is 7.80. The van der Waals surface area contributed by atoms with Gasteiger partial charge in [0.25, 0.3) is 0 Å². The van der Waals surface area contributed by atoms with Crippen molar-refractivity contribution < 1.29 is 4.79 Å². The molecule has 2 aromatic rings. The highest BCUT2D eigenvalue weighted by Gasteiger charge is 2.22. The summed E-state index contributed by atoms with van der Waals surface area (Å²) in [6.07, 6.45) is 6.19. The van der Waals surface area contributed by atoms with Gasteiger partial charge < -0.3 is 10.2 Å². The van der Waals surface area contributed by atoms with Crippen LogP contribution in [-0.2, 0) is 4.79 Å². The number of carbonyl (C=O) groups excluding carboxylic acids is 1. The molecule has 3 rings (SSSR count). The van der Waals surface area contributed by atoms with Crippen LogP contribution in [0.4, 0.5) is 11.4 Å². The number of anilines is 1. The number of nitrogens with zero attached hydrogens (tertiary/aromatic N) is 2. The van der Waals surface area contributed by atoms with E-state index in [1.165, 1.54) is 43.9 Å². The van der Waals surface area contributed by atoms with E-state index in [2.05, 4.69) is 17.3 Å². The first-order valence-electron chi connectivity index (χ1n) is 9.66. The number of aliphatic imine (C=N–C) groups is 1. The second kappa shape index (κ2) is 10.5. The first-order chi connectivity index (χ1) is 13.6. The lowest BCUT2D eigenvalue weighted by molar-refractivity contribution is -0.113. The van der Waals surface area contributed by atoms with Crippen LogP contribution in [0, 0.1) is 0 Å². The van der Waals surface area contributed by atoms with Gasteiger partial charge in [0, 0.05) is 23.8 Å². The average molecular weight is 416 g/mol. The third-order valence-electron chi connectivity index (χ3n) is 4.85. The third-order valence-corrected chi connectivity index (χ3v) is 6.12. The number of amides is 1. The second-order valence-corrected chi connectivity index (χ2v) is 8.36. The van der Waals surface area contributed by atoms with Crippen molar-refractivity contribution in [3.63, 3.8) is 0 Å². The van der Waals surface area contributed by atoms with Gasteiger partial charge in [0.15, 0.2) is 5.17 Å². The number of halogens is 1. The number of hydrogen-bond donors (Lipinski definition) is 1. The van der Waals surface area contributed by atoms with Crippen LogP contribution in [0.5, 0.6) is 0 Å². The molecule has 4 nitrogen and oxygen atoms in total. The molecule has 1 aliphatic rings. The highest BCUT2D eigenvalue weighted by molar-refractivity contribution is 8.14. The molecule has 0 bridgehead atoms. The summed E-state index contributed by atoms with van der Waals surface area (Å²) in [6, 6.07) is 17.6. The number of para-hydroxylation sites is 1. The number of hydrogen-bond acceptors (Lipinski definition) is 3. The van der Waals surface area contributed by atoms with E-state index >= 15 is 0 Å². The van der Waals surface area contributed by atoms with Crippen molar-refractivity contribution >= 4 is 45.8 Å². The van der Waals surface area contributed by atoms with Crippen molar-refractivity contribution in [1.29, 1.82) is 0 Å². The van der Waals surface area contributed by atoms with Gasteiger partial charge in [0.05, 0.1) is 11.4 Å². The Balaban J connectivity index is 1.68. The van der Waals surface area contributed by atoms with Gasteiger partial charge in [0.2, 0.25) is 5.91 Å². The minimum absolute atomic E-state index is 0.0647. The Bertz CT molecular complexity index is 806.